The number of unbranched alkanes of at least 4 members (excludes halogenated alkanes) is 8. The van der Waals surface area contributed by atoms with Gasteiger partial charge in [0.1, 0.15) is 0 Å². The Bertz CT molecular complexity index is 281. The molecule has 0 aliphatic heterocycles. The SMILES string of the molecule is CCCC[N+](CCCC)(CCCC)CCCC.CCCC[N+](CCCC)(CCCC)CCCC.[Br-].[OH-]. The van der Waals surface area contributed by atoms with Gasteiger partial charge in [0.15, 0.2) is 0 Å². The van der Waals surface area contributed by atoms with Crippen molar-refractivity contribution in [1.82, 2.24) is 0 Å². The summed E-state index contributed by atoms with van der Waals surface area (Å²) in [5.41, 5.74) is 0. The summed E-state index contributed by atoms with van der Waals surface area (Å²) in [6.45, 7) is 30.0. The summed E-state index contributed by atoms with van der Waals surface area (Å²) in [5.74, 6) is 0. The molecule has 0 saturated heterocycles. The normalized spacial score (nSPS) is 11.3. The largest absolute Gasteiger partial charge is 1.00 e. The summed E-state index contributed by atoms with van der Waals surface area (Å²) in [4.78, 5) is 0. The highest BCUT2D eigenvalue weighted by molar-refractivity contribution is 4.50. The van der Waals surface area contributed by atoms with Crippen molar-refractivity contribution >= 4 is 0 Å². The molecule has 0 aromatic heterocycles. The van der Waals surface area contributed by atoms with Gasteiger partial charge in [0.25, 0.3) is 0 Å². The van der Waals surface area contributed by atoms with E-state index in [1.165, 1.54) is 164 Å². The van der Waals surface area contributed by atoms with Gasteiger partial charge in [0.2, 0.25) is 0 Å². The third-order valence-corrected chi connectivity index (χ3v) is 7.89. The predicted octanol–water partition coefficient (Wildman–Crippen LogP) is 6.83. The quantitative estimate of drug-likeness (QED) is 0.115. The number of hydrogen-bond donors (Lipinski definition) is 0. The van der Waals surface area contributed by atoms with Crippen LogP contribution in [-0.4, -0.2) is 66.8 Å². The van der Waals surface area contributed by atoms with E-state index in [2.05, 4.69) is 55.4 Å². The molecule has 0 bridgehead atoms. The Morgan fingerprint density at radius 1 is 0.278 bits per heavy atom. The number of halogens is 1. The minimum atomic E-state index is 0. The lowest BCUT2D eigenvalue weighted by molar-refractivity contribution is -0.929. The van der Waals surface area contributed by atoms with Crippen LogP contribution in [0.15, 0.2) is 0 Å². The highest BCUT2D eigenvalue weighted by Crippen LogP contribution is 2.17. The van der Waals surface area contributed by atoms with E-state index < -0.39 is 0 Å². The zero-order chi connectivity index (χ0) is 26.0. The van der Waals surface area contributed by atoms with E-state index >= 15 is 0 Å². The summed E-state index contributed by atoms with van der Waals surface area (Å²) < 4.78 is 2.84. The highest BCUT2D eigenvalue weighted by atomic mass is 79.9. The second-order valence-electron chi connectivity index (χ2n) is 11.3. The van der Waals surface area contributed by atoms with Crippen LogP contribution in [0.5, 0.6) is 0 Å². The summed E-state index contributed by atoms with van der Waals surface area (Å²) >= 11 is 0. The highest BCUT2D eigenvalue weighted by Gasteiger charge is 2.25. The Labute approximate surface area is 241 Å². The molecular formula is C32H73BrN2O. The molecule has 0 fully saturated rings. The molecule has 0 atom stereocenters. The van der Waals surface area contributed by atoms with Crippen molar-refractivity contribution < 1.29 is 31.4 Å². The second-order valence-corrected chi connectivity index (χ2v) is 11.3. The van der Waals surface area contributed by atoms with Crippen molar-refractivity contribution in [2.75, 3.05) is 52.4 Å². The molecule has 224 valence electrons. The van der Waals surface area contributed by atoms with Crippen LogP contribution in [0, 0.1) is 0 Å². The zero-order valence-electron chi connectivity index (χ0n) is 26.7. The first-order chi connectivity index (χ1) is 16.5. The van der Waals surface area contributed by atoms with Gasteiger partial charge < -0.3 is 31.4 Å². The predicted molar refractivity (Wildman–Crippen MR) is 161 cm³/mol. The number of rotatable bonds is 24. The van der Waals surface area contributed by atoms with Gasteiger partial charge >= 0.3 is 0 Å². The molecule has 4 heteroatoms. The van der Waals surface area contributed by atoms with Crippen LogP contribution < -0.4 is 17.0 Å². The van der Waals surface area contributed by atoms with Gasteiger partial charge in [-0.15, -0.1) is 0 Å². The first-order valence-corrected chi connectivity index (χ1v) is 16.2. The maximum Gasteiger partial charge on any atom is 0.0786 e. The van der Waals surface area contributed by atoms with Crippen molar-refractivity contribution in [1.29, 1.82) is 0 Å². The molecule has 0 heterocycles. The third kappa shape index (κ3) is 23.5. The van der Waals surface area contributed by atoms with Crippen LogP contribution in [-0.2, 0) is 0 Å². The van der Waals surface area contributed by atoms with Crippen molar-refractivity contribution in [2.45, 2.75) is 158 Å². The topological polar surface area (TPSA) is 30.0 Å². The minimum absolute atomic E-state index is 0. The summed E-state index contributed by atoms with van der Waals surface area (Å²) in [6, 6.07) is 0. The van der Waals surface area contributed by atoms with Crippen LogP contribution in [0.2, 0.25) is 0 Å². The summed E-state index contributed by atoms with van der Waals surface area (Å²) in [5, 5.41) is 0. The Hall–Kier alpha value is 0.360. The van der Waals surface area contributed by atoms with Crippen LogP contribution in [0.1, 0.15) is 158 Å². The number of hydrogen-bond acceptors (Lipinski definition) is 1. The van der Waals surface area contributed by atoms with E-state index in [9.17, 15) is 0 Å². The molecule has 0 saturated carbocycles. The van der Waals surface area contributed by atoms with Gasteiger partial charge in [-0.05, 0) is 51.4 Å². The molecule has 0 aliphatic rings. The average molecular weight is 582 g/mol. The van der Waals surface area contributed by atoms with Crippen molar-refractivity contribution in [3.8, 4) is 0 Å². The zero-order valence-corrected chi connectivity index (χ0v) is 28.3. The fourth-order valence-electron chi connectivity index (χ4n) is 5.29. The molecule has 0 spiro atoms. The number of nitrogens with zero attached hydrogens (tertiary/aromatic N) is 2. The molecule has 0 radical (unpaired) electrons. The third-order valence-electron chi connectivity index (χ3n) is 7.89. The fourth-order valence-corrected chi connectivity index (χ4v) is 5.29. The molecule has 1 N–H and O–H groups in total. The van der Waals surface area contributed by atoms with Crippen molar-refractivity contribution in [3.63, 3.8) is 0 Å². The van der Waals surface area contributed by atoms with Gasteiger partial charge in [0.05, 0.1) is 52.4 Å². The van der Waals surface area contributed by atoms with Crippen LogP contribution in [0.3, 0.4) is 0 Å². The molecule has 0 aromatic carbocycles. The minimum Gasteiger partial charge on any atom is -1.00 e. The molecule has 0 rings (SSSR count). The Balaban J connectivity index is -0.000000269. The van der Waals surface area contributed by atoms with E-state index in [1.807, 2.05) is 0 Å². The molecule has 0 aromatic rings. The van der Waals surface area contributed by atoms with E-state index in [1.54, 1.807) is 0 Å². The van der Waals surface area contributed by atoms with Crippen LogP contribution in [0.25, 0.3) is 0 Å². The fraction of sp³-hybridized carbons (Fsp3) is 1.00. The van der Waals surface area contributed by atoms with Crippen molar-refractivity contribution in [2.24, 2.45) is 0 Å². The van der Waals surface area contributed by atoms with Gasteiger partial charge in [-0.1, -0.05) is 107 Å². The molecule has 0 amide bonds. The van der Waals surface area contributed by atoms with E-state index in [0.29, 0.717) is 0 Å². The van der Waals surface area contributed by atoms with Gasteiger partial charge in [0, 0.05) is 0 Å². The Kier molecular flexibility index (Phi) is 38.1. The van der Waals surface area contributed by atoms with Gasteiger partial charge in [-0.25, -0.2) is 0 Å². The average Bonchev–Trinajstić information content (AvgIpc) is 2.87. The maximum absolute atomic E-state index is 2.33. The maximum atomic E-state index is 2.33. The first kappa shape index (κ1) is 43.4. The lowest BCUT2D eigenvalue weighted by Gasteiger charge is -2.39. The molecule has 36 heavy (non-hydrogen) atoms. The molecule has 3 nitrogen and oxygen atoms in total. The first-order valence-electron chi connectivity index (χ1n) is 16.2. The van der Waals surface area contributed by atoms with Crippen LogP contribution >= 0.6 is 0 Å². The van der Waals surface area contributed by atoms with Gasteiger partial charge in [-0.3, -0.25) is 0 Å². The second kappa shape index (κ2) is 31.6. The standard InChI is InChI=1S/2C16H36N.BrH.H2O/c2*1-5-9-13-17(14-10-6-2,15-11-7-3)16-12-8-4;;/h2*5-16H2,1-4H3;1H;1H2/q2*+1;;/p-2. The van der Waals surface area contributed by atoms with Crippen LogP contribution in [0.4, 0.5) is 0 Å². The Morgan fingerprint density at radius 2 is 0.389 bits per heavy atom. The smallest absolute Gasteiger partial charge is 0.0786 e. The van der Waals surface area contributed by atoms with E-state index in [0.717, 1.165) is 0 Å². The molecule has 0 unspecified atom stereocenters. The van der Waals surface area contributed by atoms with E-state index in [-0.39, 0.29) is 22.5 Å². The molecule has 0 aliphatic carbocycles. The van der Waals surface area contributed by atoms with Crippen molar-refractivity contribution in [3.05, 3.63) is 0 Å². The lowest BCUT2D eigenvalue weighted by Crippen LogP contribution is -3.00. The van der Waals surface area contributed by atoms with Gasteiger partial charge in [-0.2, -0.15) is 0 Å². The monoisotopic (exact) mass is 580 g/mol. The summed E-state index contributed by atoms with van der Waals surface area (Å²) in [7, 11) is 0. The number of quaternary nitrogens is 2. The summed E-state index contributed by atoms with van der Waals surface area (Å²) in [6.07, 6.45) is 22.1. The molecular weight excluding hydrogens is 508 g/mol. The lowest BCUT2D eigenvalue weighted by atomic mass is 10.1. The Morgan fingerprint density at radius 3 is 0.472 bits per heavy atom. The van der Waals surface area contributed by atoms with E-state index in [4.69, 9.17) is 0 Å².